The second-order valence-corrected chi connectivity index (χ2v) is 4.68. The molecule has 0 spiro atoms. The summed E-state index contributed by atoms with van der Waals surface area (Å²) < 4.78 is 13.7. The van der Waals surface area contributed by atoms with E-state index < -0.39 is 5.82 Å². The van der Waals surface area contributed by atoms with Crippen molar-refractivity contribution in [1.82, 2.24) is 9.88 Å². The van der Waals surface area contributed by atoms with Crippen LogP contribution in [0.5, 0.6) is 0 Å². The highest BCUT2D eigenvalue weighted by atomic mass is 19.1. The molecule has 5 nitrogen and oxygen atoms in total. The minimum Gasteiger partial charge on any atom is -0.396 e. The van der Waals surface area contributed by atoms with E-state index in [4.69, 9.17) is 5.73 Å². The Hall–Kier alpha value is -1.85. The largest absolute Gasteiger partial charge is 0.396 e. The molecule has 1 aliphatic heterocycles. The van der Waals surface area contributed by atoms with Gasteiger partial charge in [0.2, 0.25) is 5.91 Å². The van der Waals surface area contributed by atoms with E-state index in [1.807, 2.05) is 11.8 Å². The molecule has 2 N–H and O–H groups in total. The van der Waals surface area contributed by atoms with Gasteiger partial charge in [0, 0.05) is 39.2 Å². The van der Waals surface area contributed by atoms with Gasteiger partial charge in [-0.15, -0.1) is 0 Å². The Morgan fingerprint density at radius 2 is 2.05 bits per heavy atom. The number of nitrogen functional groups attached to an aromatic ring is 1. The molecule has 0 aliphatic carbocycles. The Bertz CT molecular complexity index is 484. The maximum atomic E-state index is 13.7. The maximum Gasteiger partial charge on any atom is 0.219 e. The number of rotatable bonds is 2. The van der Waals surface area contributed by atoms with Crippen molar-refractivity contribution in [2.45, 2.75) is 20.3 Å². The second kappa shape index (κ2) is 5.42. The van der Waals surface area contributed by atoms with Crippen molar-refractivity contribution in [3.05, 3.63) is 17.6 Å². The lowest BCUT2D eigenvalue weighted by atomic mass is 10.2. The fraction of sp³-hybridized carbons (Fsp3) is 0.538. The van der Waals surface area contributed by atoms with Gasteiger partial charge in [-0.1, -0.05) is 6.92 Å². The number of piperazine rings is 1. The van der Waals surface area contributed by atoms with Crippen LogP contribution < -0.4 is 10.6 Å². The molecule has 6 heteroatoms. The highest BCUT2D eigenvalue weighted by molar-refractivity contribution is 5.73. The van der Waals surface area contributed by atoms with Crippen LogP contribution in [0.25, 0.3) is 0 Å². The molecule has 2 rings (SSSR count). The van der Waals surface area contributed by atoms with Gasteiger partial charge in [-0.2, -0.15) is 0 Å². The summed E-state index contributed by atoms with van der Waals surface area (Å²) in [4.78, 5) is 19.4. The smallest absolute Gasteiger partial charge is 0.219 e. The standard InChI is InChI=1S/C13H19FN4O/c1-3-11-13(14)10(15)8-12(16-11)18-6-4-17(5-7-18)9(2)19/h8H,3-7H2,1-2H3,(H2,15,16). The number of hydrogen-bond donors (Lipinski definition) is 1. The molecular weight excluding hydrogens is 247 g/mol. The number of anilines is 2. The number of halogens is 1. The molecule has 1 aliphatic rings. The molecule has 1 aromatic heterocycles. The van der Waals surface area contributed by atoms with Crippen molar-refractivity contribution < 1.29 is 9.18 Å². The summed E-state index contributed by atoms with van der Waals surface area (Å²) in [5, 5.41) is 0. The number of carbonyl (C=O) groups excluding carboxylic acids is 1. The number of nitrogens with two attached hydrogens (primary N) is 1. The Balaban J connectivity index is 2.15. The molecule has 0 radical (unpaired) electrons. The Morgan fingerprint density at radius 1 is 1.42 bits per heavy atom. The maximum absolute atomic E-state index is 13.7. The third-order valence-corrected chi connectivity index (χ3v) is 3.42. The fourth-order valence-corrected chi connectivity index (χ4v) is 2.24. The van der Waals surface area contributed by atoms with Gasteiger partial charge in [0.05, 0.1) is 11.4 Å². The number of pyridine rings is 1. The van der Waals surface area contributed by atoms with E-state index >= 15 is 0 Å². The first kappa shape index (κ1) is 13.6. The summed E-state index contributed by atoms with van der Waals surface area (Å²) in [5.74, 6) is 0.355. The first-order valence-corrected chi connectivity index (χ1v) is 6.48. The number of amides is 1. The lowest BCUT2D eigenvalue weighted by Crippen LogP contribution is -2.48. The molecule has 104 valence electrons. The zero-order valence-corrected chi connectivity index (χ0v) is 11.3. The Morgan fingerprint density at radius 3 is 2.58 bits per heavy atom. The lowest BCUT2D eigenvalue weighted by Gasteiger charge is -2.35. The minimum atomic E-state index is -0.423. The van der Waals surface area contributed by atoms with Crippen LogP contribution >= 0.6 is 0 Å². The number of carbonyl (C=O) groups is 1. The van der Waals surface area contributed by atoms with E-state index in [-0.39, 0.29) is 11.6 Å². The Kier molecular flexibility index (Phi) is 3.87. The Labute approximate surface area is 112 Å². The van der Waals surface area contributed by atoms with Crippen LogP contribution in [0.15, 0.2) is 6.07 Å². The van der Waals surface area contributed by atoms with Gasteiger partial charge in [-0.3, -0.25) is 4.79 Å². The fourth-order valence-electron chi connectivity index (χ4n) is 2.24. The highest BCUT2D eigenvalue weighted by Crippen LogP contribution is 2.22. The average Bonchev–Trinajstić information content (AvgIpc) is 2.41. The van der Waals surface area contributed by atoms with Gasteiger partial charge in [0.1, 0.15) is 5.82 Å². The molecule has 0 atom stereocenters. The monoisotopic (exact) mass is 266 g/mol. The van der Waals surface area contributed by atoms with Crippen molar-refractivity contribution in [2.75, 3.05) is 36.8 Å². The number of hydrogen-bond acceptors (Lipinski definition) is 4. The zero-order chi connectivity index (χ0) is 14.0. The normalized spacial score (nSPS) is 15.7. The molecule has 19 heavy (non-hydrogen) atoms. The van der Waals surface area contributed by atoms with Gasteiger partial charge < -0.3 is 15.5 Å². The van der Waals surface area contributed by atoms with Gasteiger partial charge in [-0.25, -0.2) is 9.37 Å². The van der Waals surface area contributed by atoms with Crippen LogP contribution in [0.1, 0.15) is 19.5 Å². The molecule has 1 aromatic rings. The zero-order valence-electron chi connectivity index (χ0n) is 11.3. The van der Waals surface area contributed by atoms with Crippen LogP contribution in [0.3, 0.4) is 0 Å². The van der Waals surface area contributed by atoms with Crippen molar-refractivity contribution >= 4 is 17.4 Å². The molecule has 0 saturated carbocycles. The van der Waals surface area contributed by atoms with Crippen LogP contribution in [-0.2, 0) is 11.2 Å². The van der Waals surface area contributed by atoms with Crippen molar-refractivity contribution in [3.63, 3.8) is 0 Å². The number of nitrogens with zero attached hydrogens (tertiary/aromatic N) is 3. The summed E-state index contributed by atoms with van der Waals surface area (Å²) >= 11 is 0. The first-order valence-electron chi connectivity index (χ1n) is 6.48. The van der Waals surface area contributed by atoms with Crippen molar-refractivity contribution in [1.29, 1.82) is 0 Å². The molecule has 2 heterocycles. The number of aryl methyl sites for hydroxylation is 1. The van der Waals surface area contributed by atoms with E-state index in [9.17, 15) is 9.18 Å². The summed E-state index contributed by atoms with van der Waals surface area (Å²) in [7, 11) is 0. The van der Waals surface area contributed by atoms with E-state index in [1.54, 1.807) is 17.9 Å². The lowest BCUT2D eigenvalue weighted by molar-refractivity contribution is -0.129. The molecule has 0 aromatic carbocycles. The van der Waals surface area contributed by atoms with Crippen molar-refractivity contribution in [2.24, 2.45) is 0 Å². The number of aromatic nitrogens is 1. The van der Waals surface area contributed by atoms with E-state index in [0.29, 0.717) is 44.1 Å². The van der Waals surface area contributed by atoms with Gasteiger partial charge >= 0.3 is 0 Å². The quantitative estimate of drug-likeness (QED) is 0.868. The highest BCUT2D eigenvalue weighted by Gasteiger charge is 2.21. The average molecular weight is 266 g/mol. The molecule has 0 bridgehead atoms. The van der Waals surface area contributed by atoms with Gasteiger partial charge in [0.15, 0.2) is 5.82 Å². The van der Waals surface area contributed by atoms with E-state index in [0.717, 1.165) is 0 Å². The van der Waals surface area contributed by atoms with Gasteiger partial charge in [-0.05, 0) is 6.42 Å². The predicted octanol–water partition coefficient (Wildman–Crippen LogP) is 1.03. The molecule has 1 saturated heterocycles. The first-order chi connectivity index (χ1) is 9.02. The molecule has 0 unspecified atom stereocenters. The summed E-state index contributed by atoms with van der Waals surface area (Å²) in [5.41, 5.74) is 6.20. The molecule has 1 amide bonds. The van der Waals surface area contributed by atoms with Crippen LogP contribution in [0.4, 0.5) is 15.9 Å². The van der Waals surface area contributed by atoms with Gasteiger partial charge in [0.25, 0.3) is 0 Å². The SMILES string of the molecule is CCc1nc(N2CCN(C(C)=O)CC2)cc(N)c1F. The van der Waals surface area contributed by atoms with Crippen molar-refractivity contribution in [3.8, 4) is 0 Å². The topological polar surface area (TPSA) is 62.5 Å². The minimum absolute atomic E-state index is 0.0838. The third kappa shape index (κ3) is 2.77. The van der Waals surface area contributed by atoms with Crippen LogP contribution in [-0.4, -0.2) is 42.0 Å². The van der Waals surface area contributed by atoms with E-state index in [2.05, 4.69) is 4.98 Å². The van der Waals surface area contributed by atoms with Crippen LogP contribution in [0, 0.1) is 5.82 Å². The summed E-state index contributed by atoms with van der Waals surface area (Å²) in [6.07, 6.45) is 0.511. The predicted molar refractivity (Wildman–Crippen MR) is 72.5 cm³/mol. The molecule has 1 fully saturated rings. The third-order valence-electron chi connectivity index (χ3n) is 3.42. The van der Waals surface area contributed by atoms with E-state index in [1.165, 1.54) is 0 Å². The summed E-state index contributed by atoms with van der Waals surface area (Å²) in [6, 6.07) is 1.57. The molecular formula is C13H19FN4O. The second-order valence-electron chi connectivity index (χ2n) is 4.68. The van der Waals surface area contributed by atoms with Crippen LogP contribution in [0.2, 0.25) is 0 Å². The summed E-state index contributed by atoms with van der Waals surface area (Å²) in [6.45, 7) is 6.13.